The van der Waals surface area contributed by atoms with Gasteiger partial charge < -0.3 is 4.98 Å². The van der Waals surface area contributed by atoms with Crippen molar-refractivity contribution in [1.29, 1.82) is 0 Å². The SMILES string of the molecule is Cc1ccc(C=C[N+](=O)[O-])[nH]1. The Balaban J connectivity index is 2.71. The van der Waals surface area contributed by atoms with Crippen molar-refractivity contribution >= 4 is 6.08 Å². The maximum absolute atomic E-state index is 9.88. The Bertz CT molecular complexity index is 288. The van der Waals surface area contributed by atoms with Gasteiger partial charge in [-0.3, -0.25) is 10.1 Å². The van der Waals surface area contributed by atoms with Gasteiger partial charge in [-0.25, -0.2) is 0 Å². The Kier molecular flexibility index (Phi) is 2.06. The summed E-state index contributed by atoms with van der Waals surface area (Å²) in [5.41, 5.74) is 1.74. The standard InChI is InChI=1S/C7H8N2O2/c1-6-2-3-7(8-6)4-5-9(10)11/h2-5,8H,1H3. The Labute approximate surface area is 63.7 Å². The Morgan fingerprint density at radius 3 is 2.82 bits per heavy atom. The van der Waals surface area contributed by atoms with E-state index in [-0.39, 0.29) is 0 Å². The fraction of sp³-hybridized carbons (Fsp3) is 0.143. The molecule has 0 aliphatic carbocycles. The van der Waals surface area contributed by atoms with Crippen LogP contribution in [0.15, 0.2) is 18.3 Å². The molecule has 0 aliphatic heterocycles. The zero-order chi connectivity index (χ0) is 8.27. The Hall–Kier alpha value is -1.58. The van der Waals surface area contributed by atoms with Crippen LogP contribution in [0.2, 0.25) is 0 Å². The van der Waals surface area contributed by atoms with Gasteiger partial charge in [0.15, 0.2) is 0 Å². The Morgan fingerprint density at radius 1 is 1.64 bits per heavy atom. The number of aromatic nitrogens is 1. The van der Waals surface area contributed by atoms with Crippen LogP contribution in [0, 0.1) is 17.0 Å². The molecule has 0 fully saturated rings. The lowest BCUT2D eigenvalue weighted by Crippen LogP contribution is -1.82. The molecule has 4 heteroatoms. The van der Waals surface area contributed by atoms with E-state index < -0.39 is 4.92 Å². The molecule has 0 aliphatic rings. The quantitative estimate of drug-likeness (QED) is 0.516. The number of nitrogens with zero attached hydrogens (tertiary/aromatic N) is 1. The zero-order valence-electron chi connectivity index (χ0n) is 6.07. The summed E-state index contributed by atoms with van der Waals surface area (Å²) in [6, 6.07) is 3.65. The third-order valence-corrected chi connectivity index (χ3v) is 1.23. The molecule has 0 radical (unpaired) electrons. The van der Waals surface area contributed by atoms with Crippen molar-refractivity contribution in [2.45, 2.75) is 6.92 Å². The summed E-state index contributed by atoms with van der Waals surface area (Å²) in [7, 11) is 0. The molecule has 1 N–H and O–H groups in total. The van der Waals surface area contributed by atoms with Gasteiger partial charge in [0.25, 0.3) is 0 Å². The van der Waals surface area contributed by atoms with Gasteiger partial charge in [-0.1, -0.05) is 0 Å². The number of nitrogens with one attached hydrogen (secondary N) is 1. The second kappa shape index (κ2) is 3.01. The van der Waals surface area contributed by atoms with Gasteiger partial charge in [-0.05, 0) is 19.1 Å². The molecule has 1 aromatic rings. The van der Waals surface area contributed by atoms with E-state index in [1.165, 1.54) is 6.08 Å². The lowest BCUT2D eigenvalue weighted by atomic mass is 10.4. The molecule has 0 saturated carbocycles. The Morgan fingerprint density at radius 2 is 2.36 bits per heavy atom. The molecule has 1 rings (SSSR count). The van der Waals surface area contributed by atoms with Crippen LogP contribution in [-0.4, -0.2) is 9.91 Å². The number of hydrogen-bond donors (Lipinski definition) is 1. The minimum atomic E-state index is -0.490. The van der Waals surface area contributed by atoms with Gasteiger partial charge in [0.05, 0.1) is 4.92 Å². The van der Waals surface area contributed by atoms with Crippen LogP contribution >= 0.6 is 0 Å². The molecule has 0 aromatic carbocycles. The predicted molar refractivity (Wildman–Crippen MR) is 41.6 cm³/mol. The van der Waals surface area contributed by atoms with Gasteiger partial charge in [0.1, 0.15) is 0 Å². The number of aromatic amines is 1. The van der Waals surface area contributed by atoms with E-state index in [9.17, 15) is 10.1 Å². The second-order valence-corrected chi connectivity index (χ2v) is 2.20. The third kappa shape index (κ3) is 2.25. The molecule has 58 valence electrons. The average molecular weight is 152 g/mol. The molecule has 11 heavy (non-hydrogen) atoms. The second-order valence-electron chi connectivity index (χ2n) is 2.20. The number of nitro groups is 1. The van der Waals surface area contributed by atoms with Crippen molar-refractivity contribution < 1.29 is 4.92 Å². The van der Waals surface area contributed by atoms with E-state index in [2.05, 4.69) is 4.98 Å². The largest absolute Gasteiger partial charge is 0.359 e. The van der Waals surface area contributed by atoms with Gasteiger partial charge in [0, 0.05) is 17.5 Å². The summed E-state index contributed by atoms with van der Waals surface area (Å²) in [5.74, 6) is 0. The summed E-state index contributed by atoms with van der Waals surface area (Å²) in [5, 5.41) is 9.88. The molecule has 1 heterocycles. The van der Waals surface area contributed by atoms with Crippen LogP contribution in [0.1, 0.15) is 11.4 Å². The molecule has 1 aromatic heterocycles. The van der Waals surface area contributed by atoms with E-state index in [1.54, 1.807) is 6.07 Å². The maximum Gasteiger partial charge on any atom is 0.236 e. The average Bonchev–Trinajstić information content (AvgIpc) is 2.31. The summed E-state index contributed by atoms with van der Waals surface area (Å²) in [4.78, 5) is 12.3. The highest BCUT2D eigenvalue weighted by atomic mass is 16.6. The first-order valence-corrected chi connectivity index (χ1v) is 3.16. The van der Waals surface area contributed by atoms with Gasteiger partial charge in [0.2, 0.25) is 6.20 Å². The molecule has 0 bridgehead atoms. The highest BCUT2D eigenvalue weighted by molar-refractivity contribution is 5.43. The van der Waals surface area contributed by atoms with E-state index in [0.717, 1.165) is 17.6 Å². The molecule has 0 spiro atoms. The highest BCUT2D eigenvalue weighted by Gasteiger charge is 1.91. The number of rotatable bonds is 2. The summed E-state index contributed by atoms with van der Waals surface area (Å²) in [6.07, 6.45) is 2.33. The minimum Gasteiger partial charge on any atom is -0.359 e. The number of hydrogen-bond acceptors (Lipinski definition) is 2. The third-order valence-electron chi connectivity index (χ3n) is 1.23. The maximum atomic E-state index is 9.88. The minimum absolute atomic E-state index is 0.490. The van der Waals surface area contributed by atoms with Gasteiger partial charge in [-0.2, -0.15) is 0 Å². The smallest absolute Gasteiger partial charge is 0.236 e. The van der Waals surface area contributed by atoms with E-state index in [1.807, 2.05) is 13.0 Å². The number of H-pyrrole nitrogens is 1. The van der Waals surface area contributed by atoms with Crippen LogP contribution in [0.3, 0.4) is 0 Å². The first kappa shape index (κ1) is 7.53. The molecule has 0 amide bonds. The van der Waals surface area contributed by atoms with Crippen LogP contribution < -0.4 is 0 Å². The molecule has 0 atom stereocenters. The molecule has 4 nitrogen and oxygen atoms in total. The van der Waals surface area contributed by atoms with E-state index in [4.69, 9.17) is 0 Å². The highest BCUT2D eigenvalue weighted by Crippen LogP contribution is 2.01. The van der Waals surface area contributed by atoms with Crippen molar-refractivity contribution in [2.24, 2.45) is 0 Å². The number of aryl methyl sites for hydroxylation is 1. The lowest BCUT2D eigenvalue weighted by molar-refractivity contribution is -0.401. The van der Waals surface area contributed by atoms with Crippen molar-refractivity contribution in [3.8, 4) is 0 Å². The predicted octanol–water partition coefficient (Wildman–Crippen LogP) is 1.57. The fourth-order valence-corrected chi connectivity index (χ4v) is 0.764. The van der Waals surface area contributed by atoms with Gasteiger partial charge in [-0.15, -0.1) is 0 Å². The summed E-state index contributed by atoms with van der Waals surface area (Å²) >= 11 is 0. The van der Waals surface area contributed by atoms with Crippen molar-refractivity contribution in [1.82, 2.24) is 4.98 Å². The molecule has 0 saturated heterocycles. The summed E-state index contributed by atoms with van der Waals surface area (Å²) < 4.78 is 0. The van der Waals surface area contributed by atoms with Crippen molar-refractivity contribution in [2.75, 3.05) is 0 Å². The molecule has 0 unspecified atom stereocenters. The van der Waals surface area contributed by atoms with E-state index in [0.29, 0.717) is 0 Å². The van der Waals surface area contributed by atoms with E-state index >= 15 is 0 Å². The van der Waals surface area contributed by atoms with Crippen LogP contribution in [0.5, 0.6) is 0 Å². The zero-order valence-corrected chi connectivity index (χ0v) is 6.07. The molecular weight excluding hydrogens is 144 g/mol. The van der Waals surface area contributed by atoms with Crippen LogP contribution in [0.25, 0.3) is 6.08 Å². The fourth-order valence-electron chi connectivity index (χ4n) is 0.764. The topological polar surface area (TPSA) is 58.9 Å². The normalized spacial score (nSPS) is 10.6. The lowest BCUT2D eigenvalue weighted by Gasteiger charge is -1.81. The van der Waals surface area contributed by atoms with Crippen LogP contribution in [0.4, 0.5) is 0 Å². The first-order valence-electron chi connectivity index (χ1n) is 3.16. The monoisotopic (exact) mass is 152 g/mol. The summed E-state index contributed by atoms with van der Waals surface area (Å²) in [6.45, 7) is 1.89. The first-order chi connectivity index (χ1) is 5.18. The van der Waals surface area contributed by atoms with Crippen LogP contribution in [-0.2, 0) is 0 Å². The van der Waals surface area contributed by atoms with Crippen molar-refractivity contribution in [3.05, 3.63) is 39.8 Å². The van der Waals surface area contributed by atoms with Crippen molar-refractivity contribution in [3.63, 3.8) is 0 Å². The van der Waals surface area contributed by atoms with Gasteiger partial charge >= 0.3 is 0 Å². The molecular formula is C7H8N2O2.